The molecule has 0 aliphatic heterocycles. The Labute approximate surface area is 121 Å². The van der Waals surface area contributed by atoms with Crippen LogP contribution in [-0.2, 0) is 14.9 Å². The first-order valence-electron chi connectivity index (χ1n) is 6.97. The lowest BCUT2D eigenvalue weighted by molar-refractivity contribution is -0.124. The number of amides is 1. The lowest BCUT2D eigenvalue weighted by Gasteiger charge is -2.29. The quantitative estimate of drug-likeness (QED) is 0.800. The van der Waals surface area contributed by atoms with Gasteiger partial charge in [-0.2, -0.15) is 0 Å². The molecule has 0 radical (unpaired) electrons. The van der Waals surface area contributed by atoms with Crippen molar-refractivity contribution in [2.24, 2.45) is 5.73 Å². The zero-order valence-electron chi connectivity index (χ0n) is 12.8. The SMILES string of the molecule is COCC(N)C(=O)NC(C)CC(C)(C)c1ccccc1. The highest BCUT2D eigenvalue weighted by atomic mass is 16.5. The van der Waals surface area contributed by atoms with Crippen molar-refractivity contribution >= 4 is 5.91 Å². The van der Waals surface area contributed by atoms with Crippen LogP contribution in [-0.4, -0.2) is 31.7 Å². The second-order valence-corrected chi connectivity index (χ2v) is 5.93. The smallest absolute Gasteiger partial charge is 0.239 e. The van der Waals surface area contributed by atoms with E-state index in [0.29, 0.717) is 0 Å². The lowest BCUT2D eigenvalue weighted by atomic mass is 9.79. The standard InChI is InChI=1S/C16H26N2O2/c1-12(18-15(19)14(17)11-20-4)10-16(2,3)13-8-6-5-7-9-13/h5-9,12,14H,10-11,17H2,1-4H3,(H,18,19). The number of carbonyl (C=O) groups excluding carboxylic acids is 1. The summed E-state index contributed by atoms with van der Waals surface area (Å²) in [7, 11) is 1.54. The number of hydrogen-bond donors (Lipinski definition) is 2. The number of benzene rings is 1. The predicted octanol–water partition coefficient (Wildman–Crippen LogP) is 1.83. The van der Waals surface area contributed by atoms with Crippen molar-refractivity contribution in [1.29, 1.82) is 0 Å². The van der Waals surface area contributed by atoms with Crippen molar-refractivity contribution in [1.82, 2.24) is 5.32 Å². The summed E-state index contributed by atoms with van der Waals surface area (Å²) >= 11 is 0. The number of ether oxygens (including phenoxy) is 1. The molecular formula is C16H26N2O2. The lowest BCUT2D eigenvalue weighted by Crippen LogP contribution is -2.47. The molecular weight excluding hydrogens is 252 g/mol. The molecule has 2 unspecified atom stereocenters. The summed E-state index contributed by atoms with van der Waals surface area (Å²) in [6, 6.07) is 9.76. The molecule has 4 nitrogen and oxygen atoms in total. The summed E-state index contributed by atoms with van der Waals surface area (Å²) in [5.41, 5.74) is 6.98. The molecule has 0 aliphatic carbocycles. The number of rotatable bonds is 7. The molecule has 0 bridgehead atoms. The number of nitrogens with two attached hydrogens (primary N) is 1. The molecule has 20 heavy (non-hydrogen) atoms. The molecule has 1 amide bonds. The molecule has 1 aromatic rings. The first-order chi connectivity index (χ1) is 9.36. The van der Waals surface area contributed by atoms with Gasteiger partial charge < -0.3 is 15.8 Å². The van der Waals surface area contributed by atoms with Gasteiger partial charge in [0.15, 0.2) is 0 Å². The first kappa shape index (κ1) is 16.7. The van der Waals surface area contributed by atoms with E-state index < -0.39 is 6.04 Å². The maximum atomic E-state index is 11.8. The highest BCUT2D eigenvalue weighted by Gasteiger charge is 2.25. The Hall–Kier alpha value is -1.39. The number of hydrogen-bond acceptors (Lipinski definition) is 3. The minimum atomic E-state index is -0.609. The van der Waals surface area contributed by atoms with Crippen LogP contribution in [0.4, 0.5) is 0 Å². The third-order valence-electron chi connectivity index (χ3n) is 3.44. The van der Waals surface area contributed by atoms with E-state index in [1.807, 2.05) is 25.1 Å². The Morgan fingerprint density at radius 1 is 1.35 bits per heavy atom. The highest BCUT2D eigenvalue weighted by Crippen LogP contribution is 2.28. The Bertz CT molecular complexity index is 418. The van der Waals surface area contributed by atoms with Crippen molar-refractivity contribution < 1.29 is 9.53 Å². The minimum Gasteiger partial charge on any atom is -0.383 e. The Balaban J connectivity index is 2.57. The minimum absolute atomic E-state index is 0.000686. The number of carbonyl (C=O) groups is 1. The molecule has 0 heterocycles. The fraction of sp³-hybridized carbons (Fsp3) is 0.562. The van der Waals surface area contributed by atoms with Gasteiger partial charge in [0.05, 0.1) is 6.61 Å². The van der Waals surface area contributed by atoms with Gasteiger partial charge in [0.25, 0.3) is 0 Å². The van der Waals surface area contributed by atoms with Gasteiger partial charge in [-0.1, -0.05) is 44.2 Å². The third-order valence-corrected chi connectivity index (χ3v) is 3.44. The second kappa shape index (κ2) is 7.41. The molecule has 4 heteroatoms. The van der Waals surface area contributed by atoms with E-state index in [1.54, 1.807) is 0 Å². The average Bonchev–Trinajstić information content (AvgIpc) is 2.39. The zero-order chi connectivity index (χ0) is 15.2. The van der Waals surface area contributed by atoms with E-state index in [0.717, 1.165) is 6.42 Å². The molecule has 1 aromatic carbocycles. The predicted molar refractivity (Wildman–Crippen MR) is 81.5 cm³/mol. The van der Waals surface area contributed by atoms with E-state index >= 15 is 0 Å². The summed E-state index contributed by atoms with van der Waals surface area (Å²) in [4.78, 5) is 11.8. The van der Waals surface area contributed by atoms with Crippen LogP contribution >= 0.6 is 0 Å². The number of methoxy groups -OCH3 is 1. The summed E-state index contributed by atoms with van der Waals surface area (Å²) in [5.74, 6) is -0.164. The molecule has 1 rings (SSSR count). The zero-order valence-corrected chi connectivity index (χ0v) is 12.8. The largest absolute Gasteiger partial charge is 0.383 e. The average molecular weight is 278 g/mol. The molecule has 0 aliphatic rings. The highest BCUT2D eigenvalue weighted by molar-refractivity contribution is 5.81. The van der Waals surface area contributed by atoms with Gasteiger partial charge in [0.2, 0.25) is 5.91 Å². The second-order valence-electron chi connectivity index (χ2n) is 5.93. The summed E-state index contributed by atoms with van der Waals surface area (Å²) in [5, 5.41) is 2.95. The normalized spacial score (nSPS) is 14.7. The van der Waals surface area contributed by atoms with E-state index in [1.165, 1.54) is 12.7 Å². The summed E-state index contributed by atoms with van der Waals surface area (Å²) in [6.45, 7) is 6.60. The molecule has 0 fully saturated rings. The van der Waals surface area contributed by atoms with Crippen molar-refractivity contribution in [3.8, 4) is 0 Å². The summed E-state index contributed by atoms with van der Waals surface area (Å²) in [6.07, 6.45) is 0.850. The van der Waals surface area contributed by atoms with Gasteiger partial charge in [0.1, 0.15) is 6.04 Å². The van der Waals surface area contributed by atoms with Crippen molar-refractivity contribution in [3.63, 3.8) is 0 Å². The molecule has 0 aromatic heterocycles. The van der Waals surface area contributed by atoms with Gasteiger partial charge in [-0.3, -0.25) is 4.79 Å². The first-order valence-corrected chi connectivity index (χ1v) is 6.97. The molecule has 0 saturated heterocycles. The van der Waals surface area contributed by atoms with Crippen LogP contribution in [0.15, 0.2) is 30.3 Å². The van der Waals surface area contributed by atoms with Gasteiger partial charge in [0, 0.05) is 13.2 Å². The molecule has 112 valence electrons. The number of nitrogens with one attached hydrogen (secondary N) is 1. The van der Waals surface area contributed by atoms with Gasteiger partial charge in [-0.05, 0) is 24.3 Å². The monoisotopic (exact) mass is 278 g/mol. The Kier molecular flexibility index (Phi) is 6.17. The van der Waals surface area contributed by atoms with Crippen molar-refractivity contribution in [2.75, 3.05) is 13.7 Å². The summed E-state index contributed by atoms with van der Waals surface area (Å²) < 4.78 is 4.89. The van der Waals surface area contributed by atoms with E-state index in [4.69, 9.17) is 10.5 Å². The van der Waals surface area contributed by atoms with E-state index in [-0.39, 0.29) is 24.0 Å². The van der Waals surface area contributed by atoms with Gasteiger partial charge in [-0.15, -0.1) is 0 Å². The van der Waals surface area contributed by atoms with Gasteiger partial charge in [-0.25, -0.2) is 0 Å². The molecule has 0 saturated carbocycles. The third kappa shape index (κ3) is 4.94. The molecule has 2 atom stereocenters. The van der Waals surface area contributed by atoms with Crippen molar-refractivity contribution in [2.45, 2.75) is 44.7 Å². The molecule has 0 spiro atoms. The molecule has 3 N–H and O–H groups in total. The van der Waals surface area contributed by atoms with Crippen molar-refractivity contribution in [3.05, 3.63) is 35.9 Å². The Morgan fingerprint density at radius 2 is 1.95 bits per heavy atom. The van der Waals surface area contributed by atoms with Crippen LogP contribution < -0.4 is 11.1 Å². The van der Waals surface area contributed by atoms with E-state index in [2.05, 4.69) is 31.3 Å². The van der Waals surface area contributed by atoms with Crippen LogP contribution in [0.5, 0.6) is 0 Å². The maximum absolute atomic E-state index is 11.8. The van der Waals surface area contributed by atoms with Crippen LogP contribution in [0.3, 0.4) is 0 Å². The van der Waals surface area contributed by atoms with Crippen LogP contribution in [0.2, 0.25) is 0 Å². The van der Waals surface area contributed by atoms with E-state index in [9.17, 15) is 4.79 Å². The maximum Gasteiger partial charge on any atom is 0.239 e. The van der Waals surface area contributed by atoms with Gasteiger partial charge >= 0.3 is 0 Å². The topological polar surface area (TPSA) is 64.3 Å². The fourth-order valence-electron chi connectivity index (χ4n) is 2.43. The van der Waals surface area contributed by atoms with Crippen LogP contribution in [0, 0.1) is 0 Å². The van der Waals surface area contributed by atoms with Crippen LogP contribution in [0.25, 0.3) is 0 Å². The fourth-order valence-corrected chi connectivity index (χ4v) is 2.43. The Morgan fingerprint density at radius 3 is 2.50 bits per heavy atom. The van der Waals surface area contributed by atoms with Crippen LogP contribution in [0.1, 0.15) is 32.8 Å².